The van der Waals surface area contributed by atoms with Crippen molar-refractivity contribution in [2.75, 3.05) is 6.54 Å². The van der Waals surface area contributed by atoms with E-state index < -0.39 is 0 Å². The predicted octanol–water partition coefficient (Wildman–Crippen LogP) is 2.59. The largest absolute Gasteiger partial charge is 0.356 e. The number of carbonyl (C=O) groups excluding carboxylic acids is 1. The molecule has 0 aromatic carbocycles. The van der Waals surface area contributed by atoms with E-state index in [0.29, 0.717) is 23.8 Å². The molecule has 2 rings (SSSR count). The van der Waals surface area contributed by atoms with Crippen LogP contribution in [0.15, 0.2) is 0 Å². The summed E-state index contributed by atoms with van der Waals surface area (Å²) in [5.41, 5.74) is 6.25. The highest BCUT2D eigenvalue weighted by Crippen LogP contribution is 2.36. The number of amides is 1. The van der Waals surface area contributed by atoms with Crippen molar-refractivity contribution >= 4 is 5.91 Å². The highest BCUT2D eigenvalue weighted by molar-refractivity contribution is 5.76. The maximum absolute atomic E-state index is 11.9. The quantitative estimate of drug-likeness (QED) is 0.808. The zero-order valence-electron chi connectivity index (χ0n) is 11.7. The summed E-state index contributed by atoms with van der Waals surface area (Å²) in [6, 6.07) is 0.377. The first kappa shape index (κ1) is 13.9. The number of hydrogen-bond donors (Lipinski definition) is 2. The van der Waals surface area contributed by atoms with Crippen LogP contribution in [0.3, 0.4) is 0 Å². The fourth-order valence-corrected chi connectivity index (χ4v) is 3.44. The number of carbonyl (C=O) groups is 1. The van der Waals surface area contributed by atoms with Gasteiger partial charge in [-0.15, -0.1) is 0 Å². The van der Waals surface area contributed by atoms with Gasteiger partial charge in [0.1, 0.15) is 0 Å². The second-order valence-corrected chi connectivity index (χ2v) is 6.78. The Morgan fingerprint density at radius 1 is 1.22 bits per heavy atom. The van der Waals surface area contributed by atoms with E-state index in [0.717, 1.165) is 32.2 Å². The van der Waals surface area contributed by atoms with E-state index in [1.54, 1.807) is 0 Å². The topological polar surface area (TPSA) is 55.1 Å². The molecule has 0 atom stereocenters. The van der Waals surface area contributed by atoms with E-state index >= 15 is 0 Å². The Morgan fingerprint density at radius 3 is 2.44 bits per heavy atom. The number of rotatable bonds is 4. The third-order valence-corrected chi connectivity index (χ3v) is 4.89. The lowest BCUT2D eigenvalue weighted by Gasteiger charge is -2.27. The van der Waals surface area contributed by atoms with Crippen LogP contribution in [-0.2, 0) is 4.79 Å². The molecule has 3 nitrogen and oxygen atoms in total. The molecule has 0 unspecified atom stereocenters. The van der Waals surface area contributed by atoms with Crippen LogP contribution in [0.25, 0.3) is 0 Å². The Bertz CT molecular complexity index is 276. The van der Waals surface area contributed by atoms with Crippen LogP contribution in [0.4, 0.5) is 0 Å². The Labute approximate surface area is 111 Å². The van der Waals surface area contributed by atoms with Crippen LogP contribution >= 0.6 is 0 Å². The monoisotopic (exact) mass is 252 g/mol. The molecule has 0 spiro atoms. The molecular formula is C15H28N2O. The summed E-state index contributed by atoms with van der Waals surface area (Å²) < 4.78 is 0. The van der Waals surface area contributed by atoms with E-state index in [1.807, 2.05) is 0 Å². The van der Waals surface area contributed by atoms with E-state index in [9.17, 15) is 4.79 Å². The van der Waals surface area contributed by atoms with Crippen molar-refractivity contribution in [1.29, 1.82) is 0 Å². The number of hydrogen-bond acceptors (Lipinski definition) is 2. The summed E-state index contributed by atoms with van der Waals surface area (Å²) in [6.07, 6.45) is 10.3. The van der Waals surface area contributed by atoms with Crippen molar-refractivity contribution in [1.82, 2.24) is 5.32 Å². The fourth-order valence-electron chi connectivity index (χ4n) is 3.44. The second-order valence-electron chi connectivity index (χ2n) is 6.78. The lowest BCUT2D eigenvalue weighted by molar-refractivity contribution is -0.122. The third-order valence-electron chi connectivity index (χ3n) is 4.89. The molecule has 0 aliphatic heterocycles. The highest BCUT2D eigenvalue weighted by atomic mass is 16.1. The van der Waals surface area contributed by atoms with Crippen molar-refractivity contribution in [3.8, 4) is 0 Å². The van der Waals surface area contributed by atoms with Crippen LogP contribution in [0.2, 0.25) is 0 Å². The van der Waals surface area contributed by atoms with Gasteiger partial charge in [0.15, 0.2) is 0 Å². The molecule has 2 saturated carbocycles. The lowest BCUT2D eigenvalue weighted by Crippen LogP contribution is -2.36. The van der Waals surface area contributed by atoms with Gasteiger partial charge in [0, 0.05) is 19.0 Å². The number of nitrogens with two attached hydrogens (primary N) is 1. The van der Waals surface area contributed by atoms with Gasteiger partial charge in [0.05, 0.1) is 0 Å². The minimum Gasteiger partial charge on any atom is -0.356 e. The van der Waals surface area contributed by atoms with Gasteiger partial charge in [0.25, 0.3) is 0 Å². The molecule has 0 radical (unpaired) electrons. The van der Waals surface area contributed by atoms with Gasteiger partial charge in [-0.25, -0.2) is 0 Å². The van der Waals surface area contributed by atoms with E-state index in [4.69, 9.17) is 5.73 Å². The van der Waals surface area contributed by atoms with Crippen molar-refractivity contribution in [2.24, 2.45) is 17.1 Å². The Morgan fingerprint density at radius 2 is 1.83 bits per heavy atom. The SMILES string of the molecule is CC1(CNC(=O)CC2CCC(N)CC2)CCCC1. The van der Waals surface area contributed by atoms with Gasteiger partial charge in [-0.3, -0.25) is 4.79 Å². The molecule has 3 N–H and O–H groups in total. The first-order valence-electron chi connectivity index (χ1n) is 7.60. The molecule has 2 aliphatic rings. The van der Waals surface area contributed by atoms with Crippen LogP contribution in [-0.4, -0.2) is 18.5 Å². The average Bonchev–Trinajstić information content (AvgIpc) is 2.78. The van der Waals surface area contributed by atoms with Gasteiger partial charge < -0.3 is 11.1 Å². The van der Waals surface area contributed by atoms with Crippen molar-refractivity contribution < 1.29 is 4.79 Å². The standard InChI is InChI=1S/C15H28N2O/c1-15(8-2-3-9-15)11-17-14(18)10-12-4-6-13(16)7-5-12/h12-13H,2-11,16H2,1H3,(H,17,18). The van der Waals surface area contributed by atoms with Crippen LogP contribution in [0, 0.1) is 11.3 Å². The predicted molar refractivity (Wildman–Crippen MR) is 74.1 cm³/mol. The molecule has 1 amide bonds. The summed E-state index contributed by atoms with van der Waals surface area (Å²) in [5, 5.41) is 3.15. The number of nitrogens with one attached hydrogen (secondary N) is 1. The highest BCUT2D eigenvalue weighted by Gasteiger charge is 2.29. The minimum atomic E-state index is 0.253. The van der Waals surface area contributed by atoms with Crippen LogP contribution in [0.1, 0.15) is 64.7 Å². The summed E-state index contributed by atoms with van der Waals surface area (Å²) >= 11 is 0. The maximum atomic E-state index is 11.9. The Kier molecular flexibility index (Phi) is 4.66. The van der Waals surface area contributed by atoms with E-state index in [2.05, 4.69) is 12.2 Å². The minimum absolute atomic E-state index is 0.253. The lowest BCUT2D eigenvalue weighted by atomic mass is 9.84. The smallest absolute Gasteiger partial charge is 0.220 e. The normalized spacial score (nSPS) is 31.2. The van der Waals surface area contributed by atoms with Crippen molar-refractivity contribution in [3.63, 3.8) is 0 Å². The summed E-state index contributed by atoms with van der Waals surface area (Å²) in [7, 11) is 0. The molecule has 104 valence electrons. The Hall–Kier alpha value is -0.570. The first-order valence-corrected chi connectivity index (χ1v) is 7.60. The molecule has 0 aromatic heterocycles. The van der Waals surface area contributed by atoms with Crippen LogP contribution in [0.5, 0.6) is 0 Å². The molecule has 18 heavy (non-hydrogen) atoms. The van der Waals surface area contributed by atoms with Gasteiger partial charge in [-0.1, -0.05) is 19.8 Å². The fraction of sp³-hybridized carbons (Fsp3) is 0.933. The van der Waals surface area contributed by atoms with Gasteiger partial charge in [0.2, 0.25) is 5.91 Å². The summed E-state index contributed by atoms with van der Waals surface area (Å²) in [5.74, 6) is 0.824. The van der Waals surface area contributed by atoms with Crippen molar-refractivity contribution in [3.05, 3.63) is 0 Å². The second kappa shape index (κ2) is 6.05. The molecule has 2 fully saturated rings. The van der Waals surface area contributed by atoms with Gasteiger partial charge >= 0.3 is 0 Å². The maximum Gasteiger partial charge on any atom is 0.220 e. The zero-order chi connectivity index (χ0) is 13.0. The molecule has 0 heterocycles. The first-order chi connectivity index (χ1) is 8.57. The van der Waals surface area contributed by atoms with E-state index in [-0.39, 0.29) is 5.91 Å². The molecule has 2 aliphatic carbocycles. The van der Waals surface area contributed by atoms with Gasteiger partial charge in [-0.05, 0) is 49.9 Å². The molecule has 0 aromatic rings. The Balaban J connectivity index is 1.66. The van der Waals surface area contributed by atoms with Gasteiger partial charge in [-0.2, -0.15) is 0 Å². The molecule has 0 bridgehead atoms. The summed E-state index contributed by atoms with van der Waals surface area (Å²) in [4.78, 5) is 11.9. The van der Waals surface area contributed by atoms with E-state index in [1.165, 1.54) is 25.7 Å². The zero-order valence-corrected chi connectivity index (χ0v) is 11.7. The summed E-state index contributed by atoms with van der Waals surface area (Å²) in [6.45, 7) is 3.18. The molecular weight excluding hydrogens is 224 g/mol. The van der Waals surface area contributed by atoms with Crippen molar-refractivity contribution in [2.45, 2.75) is 70.8 Å². The molecule has 3 heteroatoms. The third kappa shape index (κ3) is 3.98. The van der Waals surface area contributed by atoms with Crippen LogP contribution < -0.4 is 11.1 Å². The average molecular weight is 252 g/mol. The molecule has 0 saturated heterocycles.